The lowest BCUT2D eigenvalue weighted by molar-refractivity contribution is 0.166. The monoisotopic (exact) mass is 304 g/mol. The van der Waals surface area contributed by atoms with Crippen LogP contribution < -0.4 is 0 Å². The van der Waals surface area contributed by atoms with Gasteiger partial charge in [0.25, 0.3) is 0 Å². The molecule has 2 aromatic rings. The number of hydrogen-bond donors (Lipinski definition) is 0. The first kappa shape index (κ1) is 16.0. The van der Waals surface area contributed by atoms with Crippen LogP contribution in [0.2, 0.25) is 5.02 Å². The lowest BCUT2D eigenvalue weighted by Gasteiger charge is -2.22. The molecule has 1 heterocycles. The van der Waals surface area contributed by atoms with Crippen molar-refractivity contribution in [2.24, 2.45) is 0 Å². The topological polar surface area (TPSA) is 25.4 Å². The highest BCUT2D eigenvalue weighted by molar-refractivity contribution is 6.31. The van der Waals surface area contributed by atoms with Crippen molar-refractivity contribution >= 4 is 11.6 Å². The molecule has 0 fully saturated rings. The van der Waals surface area contributed by atoms with E-state index in [0.29, 0.717) is 0 Å². The van der Waals surface area contributed by atoms with Crippen molar-refractivity contribution in [1.29, 1.82) is 0 Å². The fourth-order valence-corrected chi connectivity index (χ4v) is 2.43. The van der Waals surface area contributed by atoms with E-state index in [4.69, 9.17) is 16.3 Å². The van der Waals surface area contributed by atoms with Crippen molar-refractivity contribution in [1.82, 2.24) is 9.88 Å². The Morgan fingerprint density at radius 2 is 1.90 bits per heavy atom. The van der Waals surface area contributed by atoms with Crippen LogP contribution in [0.3, 0.4) is 0 Å². The van der Waals surface area contributed by atoms with E-state index in [1.807, 2.05) is 36.5 Å². The summed E-state index contributed by atoms with van der Waals surface area (Å²) < 4.78 is 5.15. The summed E-state index contributed by atoms with van der Waals surface area (Å²) in [5.41, 5.74) is 2.22. The summed E-state index contributed by atoms with van der Waals surface area (Å²) in [6.45, 7) is 3.35. The highest BCUT2D eigenvalue weighted by Crippen LogP contribution is 2.18. The number of pyridine rings is 1. The SMILES string of the molecule is COCCCN(Cc1ccccn1)Cc1ccccc1Cl. The standard InChI is InChI=1S/C17H21ClN2O/c1-21-12-6-11-20(14-16-8-4-5-10-19-16)13-15-7-2-3-9-17(15)18/h2-5,7-10H,6,11-14H2,1H3. The maximum Gasteiger partial charge on any atom is 0.0544 e. The van der Waals surface area contributed by atoms with E-state index in [0.717, 1.165) is 48.9 Å². The minimum atomic E-state index is 0.765. The van der Waals surface area contributed by atoms with E-state index in [-0.39, 0.29) is 0 Å². The Labute approximate surface area is 131 Å². The molecule has 0 N–H and O–H groups in total. The maximum absolute atomic E-state index is 6.27. The summed E-state index contributed by atoms with van der Waals surface area (Å²) in [7, 11) is 1.73. The Kier molecular flexibility index (Phi) is 6.67. The highest BCUT2D eigenvalue weighted by atomic mass is 35.5. The summed E-state index contributed by atoms with van der Waals surface area (Å²) in [4.78, 5) is 6.75. The number of hydrogen-bond acceptors (Lipinski definition) is 3. The number of nitrogens with zero attached hydrogens (tertiary/aromatic N) is 2. The molecule has 1 aromatic carbocycles. The van der Waals surface area contributed by atoms with Crippen LogP contribution in [0, 0.1) is 0 Å². The van der Waals surface area contributed by atoms with Crippen molar-refractivity contribution in [3.63, 3.8) is 0 Å². The fraction of sp³-hybridized carbons (Fsp3) is 0.353. The number of ether oxygens (including phenoxy) is 1. The molecule has 0 radical (unpaired) electrons. The molecule has 0 atom stereocenters. The van der Waals surface area contributed by atoms with Gasteiger partial charge in [0.2, 0.25) is 0 Å². The van der Waals surface area contributed by atoms with Crippen LogP contribution in [0.4, 0.5) is 0 Å². The van der Waals surface area contributed by atoms with Crippen LogP contribution in [0.25, 0.3) is 0 Å². The van der Waals surface area contributed by atoms with Crippen molar-refractivity contribution in [3.8, 4) is 0 Å². The molecule has 0 aliphatic rings. The zero-order valence-electron chi connectivity index (χ0n) is 12.3. The molecule has 0 aliphatic heterocycles. The molecule has 0 spiro atoms. The van der Waals surface area contributed by atoms with Crippen LogP contribution in [-0.4, -0.2) is 30.1 Å². The van der Waals surface area contributed by atoms with Gasteiger partial charge in [0, 0.05) is 44.6 Å². The van der Waals surface area contributed by atoms with Crippen LogP contribution >= 0.6 is 11.6 Å². The minimum absolute atomic E-state index is 0.765. The lowest BCUT2D eigenvalue weighted by Crippen LogP contribution is -2.25. The molecule has 0 unspecified atom stereocenters. The molecule has 21 heavy (non-hydrogen) atoms. The first-order chi connectivity index (χ1) is 10.3. The molecule has 0 bridgehead atoms. The second-order valence-corrected chi connectivity index (χ2v) is 5.38. The summed E-state index contributed by atoms with van der Waals surface area (Å²) in [6, 6.07) is 14.0. The molecule has 4 heteroatoms. The molecule has 0 aliphatic carbocycles. The van der Waals surface area contributed by atoms with Crippen LogP contribution in [0.1, 0.15) is 17.7 Å². The fourth-order valence-electron chi connectivity index (χ4n) is 2.23. The van der Waals surface area contributed by atoms with Gasteiger partial charge in [-0.05, 0) is 30.2 Å². The lowest BCUT2D eigenvalue weighted by atomic mass is 10.2. The van der Waals surface area contributed by atoms with Crippen LogP contribution in [0.5, 0.6) is 0 Å². The van der Waals surface area contributed by atoms with Gasteiger partial charge in [0.05, 0.1) is 5.69 Å². The molecule has 0 saturated carbocycles. The summed E-state index contributed by atoms with van der Waals surface area (Å²) in [5.74, 6) is 0. The summed E-state index contributed by atoms with van der Waals surface area (Å²) in [6.07, 6.45) is 2.83. The quantitative estimate of drug-likeness (QED) is 0.694. The number of halogens is 1. The highest BCUT2D eigenvalue weighted by Gasteiger charge is 2.09. The molecular formula is C17H21ClN2O. The molecule has 1 aromatic heterocycles. The third-order valence-corrected chi connectivity index (χ3v) is 3.66. The maximum atomic E-state index is 6.27. The van der Waals surface area contributed by atoms with E-state index < -0.39 is 0 Å². The van der Waals surface area contributed by atoms with Crippen molar-refractivity contribution < 1.29 is 4.74 Å². The Hall–Kier alpha value is -1.42. The predicted molar refractivity (Wildman–Crippen MR) is 86.3 cm³/mol. The van der Waals surface area contributed by atoms with Gasteiger partial charge in [0.1, 0.15) is 0 Å². The van der Waals surface area contributed by atoms with Gasteiger partial charge in [-0.2, -0.15) is 0 Å². The first-order valence-electron chi connectivity index (χ1n) is 7.14. The second kappa shape index (κ2) is 8.78. The van der Waals surface area contributed by atoms with Gasteiger partial charge < -0.3 is 4.74 Å². The first-order valence-corrected chi connectivity index (χ1v) is 7.52. The van der Waals surface area contributed by atoms with E-state index in [9.17, 15) is 0 Å². The Morgan fingerprint density at radius 3 is 2.62 bits per heavy atom. The van der Waals surface area contributed by atoms with E-state index in [1.165, 1.54) is 0 Å². The number of benzene rings is 1. The third-order valence-electron chi connectivity index (χ3n) is 3.29. The number of aromatic nitrogens is 1. The van der Waals surface area contributed by atoms with Crippen LogP contribution in [0.15, 0.2) is 48.7 Å². The predicted octanol–water partition coefficient (Wildman–Crippen LogP) is 3.77. The van der Waals surface area contributed by atoms with Gasteiger partial charge in [0.15, 0.2) is 0 Å². The van der Waals surface area contributed by atoms with Crippen molar-refractivity contribution in [2.45, 2.75) is 19.5 Å². The number of rotatable bonds is 8. The van der Waals surface area contributed by atoms with E-state index in [2.05, 4.69) is 22.0 Å². The van der Waals surface area contributed by atoms with Gasteiger partial charge in [-0.25, -0.2) is 0 Å². The molecule has 0 amide bonds. The zero-order valence-corrected chi connectivity index (χ0v) is 13.1. The van der Waals surface area contributed by atoms with Crippen LogP contribution in [-0.2, 0) is 17.8 Å². The molecule has 2 rings (SSSR count). The molecular weight excluding hydrogens is 284 g/mol. The van der Waals surface area contributed by atoms with E-state index >= 15 is 0 Å². The van der Waals surface area contributed by atoms with Crippen molar-refractivity contribution in [2.75, 3.05) is 20.3 Å². The average molecular weight is 305 g/mol. The Balaban J connectivity index is 2.03. The van der Waals surface area contributed by atoms with Gasteiger partial charge >= 0.3 is 0 Å². The van der Waals surface area contributed by atoms with Crippen molar-refractivity contribution in [3.05, 3.63) is 64.9 Å². The summed E-state index contributed by atoms with van der Waals surface area (Å²) in [5, 5.41) is 0.815. The molecule has 0 saturated heterocycles. The van der Waals surface area contributed by atoms with Gasteiger partial charge in [-0.15, -0.1) is 0 Å². The number of methoxy groups -OCH3 is 1. The average Bonchev–Trinajstić information content (AvgIpc) is 2.51. The Morgan fingerprint density at radius 1 is 1.10 bits per heavy atom. The second-order valence-electron chi connectivity index (χ2n) is 4.97. The smallest absolute Gasteiger partial charge is 0.0544 e. The summed E-state index contributed by atoms with van der Waals surface area (Å²) >= 11 is 6.27. The van der Waals surface area contributed by atoms with Gasteiger partial charge in [-0.1, -0.05) is 35.9 Å². The molecule has 112 valence electrons. The van der Waals surface area contributed by atoms with E-state index in [1.54, 1.807) is 7.11 Å². The third kappa shape index (κ3) is 5.46. The normalized spacial score (nSPS) is 11.0. The Bertz CT molecular complexity index is 533. The van der Waals surface area contributed by atoms with Gasteiger partial charge in [-0.3, -0.25) is 9.88 Å². The molecule has 3 nitrogen and oxygen atoms in total. The largest absolute Gasteiger partial charge is 0.385 e. The zero-order chi connectivity index (χ0) is 14.9. The minimum Gasteiger partial charge on any atom is -0.385 e.